The molecule has 2 aromatic heterocycles. The summed E-state index contributed by atoms with van der Waals surface area (Å²) in [6.07, 6.45) is 6.22. The van der Waals surface area contributed by atoms with Crippen molar-refractivity contribution in [1.29, 1.82) is 0 Å². The fraction of sp³-hybridized carbons (Fsp3) is 0.500. The predicted octanol–water partition coefficient (Wildman–Crippen LogP) is 1.99. The molecule has 0 atom stereocenters. The Labute approximate surface area is 94.3 Å². The zero-order valence-corrected chi connectivity index (χ0v) is 9.45. The van der Waals surface area contributed by atoms with E-state index >= 15 is 0 Å². The highest BCUT2D eigenvalue weighted by atomic mass is 15.0. The molecule has 16 heavy (non-hydrogen) atoms. The summed E-state index contributed by atoms with van der Waals surface area (Å²) in [7, 11) is 0. The van der Waals surface area contributed by atoms with Crippen molar-refractivity contribution in [3.05, 3.63) is 23.7 Å². The lowest BCUT2D eigenvalue weighted by Gasteiger charge is -2.19. The van der Waals surface area contributed by atoms with E-state index in [9.17, 15) is 0 Å². The molecular weight excluding hydrogens is 200 g/mol. The van der Waals surface area contributed by atoms with Crippen LogP contribution in [0.1, 0.15) is 37.1 Å². The largest absolute Gasteiger partial charge is 0.339 e. The van der Waals surface area contributed by atoms with E-state index in [0.717, 1.165) is 29.8 Å². The van der Waals surface area contributed by atoms with Gasteiger partial charge in [-0.1, -0.05) is 12.8 Å². The van der Waals surface area contributed by atoms with Gasteiger partial charge in [0.05, 0.1) is 11.1 Å². The molecule has 3 N–H and O–H groups in total. The monoisotopic (exact) mass is 216 g/mol. The van der Waals surface area contributed by atoms with Crippen LogP contribution in [-0.2, 0) is 5.54 Å². The third-order valence-electron chi connectivity index (χ3n) is 3.57. The lowest BCUT2D eigenvalue weighted by molar-refractivity contribution is 0.437. The Morgan fingerprint density at radius 2 is 2.12 bits per heavy atom. The predicted molar refractivity (Wildman–Crippen MR) is 63.0 cm³/mol. The van der Waals surface area contributed by atoms with Gasteiger partial charge in [0.1, 0.15) is 5.82 Å². The van der Waals surface area contributed by atoms with Crippen LogP contribution in [0.15, 0.2) is 12.3 Å². The number of aryl methyl sites for hydroxylation is 1. The van der Waals surface area contributed by atoms with Crippen molar-refractivity contribution < 1.29 is 0 Å². The third-order valence-corrected chi connectivity index (χ3v) is 3.57. The molecule has 0 radical (unpaired) electrons. The Kier molecular flexibility index (Phi) is 2.01. The summed E-state index contributed by atoms with van der Waals surface area (Å²) in [6, 6.07) is 1.99. The Morgan fingerprint density at radius 3 is 2.81 bits per heavy atom. The average molecular weight is 216 g/mol. The molecule has 0 spiro atoms. The van der Waals surface area contributed by atoms with Gasteiger partial charge in [-0.2, -0.15) is 0 Å². The minimum Gasteiger partial charge on any atom is -0.339 e. The van der Waals surface area contributed by atoms with E-state index in [4.69, 9.17) is 5.73 Å². The lowest BCUT2D eigenvalue weighted by atomic mass is 9.99. The fourth-order valence-electron chi connectivity index (χ4n) is 2.51. The number of aromatic amines is 1. The molecule has 1 saturated carbocycles. The molecular formula is C12H16N4. The Bertz CT molecular complexity index is 523. The molecule has 0 unspecified atom stereocenters. The van der Waals surface area contributed by atoms with Crippen LogP contribution in [0.2, 0.25) is 0 Å². The molecule has 1 aliphatic rings. The van der Waals surface area contributed by atoms with Crippen LogP contribution in [0.5, 0.6) is 0 Å². The van der Waals surface area contributed by atoms with Gasteiger partial charge >= 0.3 is 0 Å². The van der Waals surface area contributed by atoms with Crippen LogP contribution >= 0.6 is 0 Å². The second-order valence-corrected chi connectivity index (χ2v) is 4.78. The van der Waals surface area contributed by atoms with Crippen LogP contribution in [0, 0.1) is 6.92 Å². The third kappa shape index (κ3) is 1.33. The van der Waals surface area contributed by atoms with E-state index in [1.54, 1.807) is 6.20 Å². The minimum atomic E-state index is -0.257. The number of H-pyrrole nitrogens is 1. The quantitative estimate of drug-likeness (QED) is 0.766. The van der Waals surface area contributed by atoms with Gasteiger partial charge in [-0.15, -0.1) is 0 Å². The second-order valence-electron chi connectivity index (χ2n) is 4.78. The average Bonchev–Trinajstić information content (AvgIpc) is 2.85. The first-order valence-corrected chi connectivity index (χ1v) is 5.80. The smallest absolute Gasteiger partial charge is 0.178 e. The topological polar surface area (TPSA) is 67.6 Å². The number of fused-ring (bicyclic) bond motifs is 1. The Balaban J connectivity index is 2.15. The highest BCUT2D eigenvalue weighted by molar-refractivity contribution is 5.74. The number of nitrogens with two attached hydrogens (primary N) is 1. The summed E-state index contributed by atoms with van der Waals surface area (Å²) in [5, 5.41) is 0. The van der Waals surface area contributed by atoms with Crippen LogP contribution in [0.25, 0.3) is 11.2 Å². The first-order valence-electron chi connectivity index (χ1n) is 5.80. The normalized spacial score (nSPS) is 19.4. The number of pyridine rings is 1. The van der Waals surface area contributed by atoms with E-state index in [1.165, 1.54) is 18.4 Å². The molecule has 84 valence electrons. The number of nitrogens with one attached hydrogen (secondary N) is 1. The fourth-order valence-corrected chi connectivity index (χ4v) is 2.51. The van der Waals surface area contributed by atoms with Crippen molar-refractivity contribution in [1.82, 2.24) is 15.0 Å². The van der Waals surface area contributed by atoms with Gasteiger partial charge in [-0.05, 0) is 31.4 Å². The number of hydrogen-bond donors (Lipinski definition) is 2. The summed E-state index contributed by atoms with van der Waals surface area (Å²) in [5.74, 6) is 0.904. The van der Waals surface area contributed by atoms with Gasteiger partial charge in [0.15, 0.2) is 5.65 Å². The van der Waals surface area contributed by atoms with Crippen LogP contribution in [-0.4, -0.2) is 15.0 Å². The molecule has 2 heterocycles. The van der Waals surface area contributed by atoms with Gasteiger partial charge in [0.25, 0.3) is 0 Å². The van der Waals surface area contributed by atoms with Crippen molar-refractivity contribution in [3.8, 4) is 0 Å². The van der Waals surface area contributed by atoms with E-state index < -0.39 is 0 Å². The van der Waals surface area contributed by atoms with Crippen molar-refractivity contribution >= 4 is 11.2 Å². The first kappa shape index (κ1) is 9.78. The molecule has 4 nitrogen and oxygen atoms in total. The van der Waals surface area contributed by atoms with E-state index in [2.05, 4.69) is 21.9 Å². The van der Waals surface area contributed by atoms with Gasteiger partial charge < -0.3 is 10.7 Å². The van der Waals surface area contributed by atoms with Crippen LogP contribution in [0.3, 0.4) is 0 Å². The number of aromatic nitrogens is 3. The van der Waals surface area contributed by atoms with Gasteiger partial charge in [-0.25, -0.2) is 9.97 Å². The number of imidazole rings is 1. The summed E-state index contributed by atoms with van der Waals surface area (Å²) in [4.78, 5) is 12.2. The number of hydrogen-bond acceptors (Lipinski definition) is 3. The number of rotatable bonds is 1. The van der Waals surface area contributed by atoms with Crippen LogP contribution < -0.4 is 5.73 Å². The molecule has 0 bridgehead atoms. The van der Waals surface area contributed by atoms with Crippen molar-refractivity contribution in [2.45, 2.75) is 38.1 Å². The van der Waals surface area contributed by atoms with Crippen molar-refractivity contribution in [3.63, 3.8) is 0 Å². The van der Waals surface area contributed by atoms with E-state index in [1.807, 2.05) is 6.07 Å². The molecule has 1 fully saturated rings. The molecule has 0 saturated heterocycles. The standard InChI is InChI=1S/C12H16N4/c1-8-4-7-14-10-9(8)15-11(16-10)12(13)5-2-3-6-12/h4,7H,2-3,5-6,13H2,1H3,(H,14,15,16). The molecule has 0 amide bonds. The maximum Gasteiger partial charge on any atom is 0.178 e. The maximum absolute atomic E-state index is 6.37. The van der Waals surface area contributed by atoms with Gasteiger partial charge in [-0.3, -0.25) is 0 Å². The zero-order chi connectivity index (χ0) is 11.2. The molecule has 1 aliphatic carbocycles. The summed E-state index contributed by atoms with van der Waals surface area (Å²) >= 11 is 0. The molecule has 2 aromatic rings. The molecule has 0 aromatic carbocycles. The molecule has 3 rings (SSSR count). The summed E-state index contributed by atoms with van der Waals surface area (Å²) in [6.45, 7) is 2.06. The van der Waals surface area contributed by atoms with Crippen molar-refractivity contribution in [2.75, 3.05) is 0 Å². The molecule has 4 heteroatoms. The van der Waals surface area contributed by atoms with Crippen LogP contribution in [0.4, 0.5) is 0 Å². The zero-order valence-electron chi connectivity index (χ0n) is 9.45. The Morgan fingerprint density at radius 1 is 1.38 bits per heavy atom. The highest BCUT2D eigenvalue weighted by Crippen LogP contribution is 2.35. The van der Waals surface area contributed by atoms with E-state index in [0.29, 0.717) is 0 Å². The summed E-state index contributed by atoms with van der Waals surface area (Å²) in [5.41, 5.74) is 9.09. The second kappa shape index (κ2) is 3.28. The Hall–Kier alpha value is -1.42. The maximum atomic E-state index is 6.37. The number of nitrogens with zero attached hydrogens (tertiary/aromatic N) is 2. The highest BCUT2D eigenvalue weighted by Gasteiger charge is 2.34. The van der Waals surface area contributed by atoms with Gasteiger partial charge in [0.2, 0.25) is 0 Å². The minimum absolute atomic E-state index is 0.257. The van der Waals surface area contributed by atoms with Gasteiger partial charge in [0, 0.05) is 6.20 Å². The molecule has 0 aliphatic heterocycles. The van der Waals surface area contributed by atoms with Crippen molar-refractivity contribution in [2.24, 2.45) is 5.73 Å². The summed E-state index contributed by atoms with van der Waals surface area (Å²) < 4.78 is 0. The lowest BCUT2D eigenvalue weighted by Crippen LogP contribution is -2.34. The van der Waals surface area contributed by atoms with E-state index in [-0.39, 0.29) is 5.54 Å². The SMILES string of the molecule is Cc1ccnc2nc(C3(N)CCCC3)[nH]c12. The first-order chi connectivity index (χ1) is 7.69.